The summed E-state index contributed by atoms with van der Waals surface area (Å²) in [5.41, 5.74) is 1.17. The van der Waals surface area contributed by atoms with Crippen molar-refractivity contribution >= 4 is 22.4 Å². The van der Waals surface area contributed by atoms with Crippen LogP contribution in [0.25, 0.3) is 0 Å². The molecule has 0 fully saturated rings. The summed E-state index contributed by atoms with van der Waals surface area (Å²) in [6, 6.07) is 8.60. The standard InChI is InChI=1S/C13H16N2O3S/c1-18-7-9-19(17)8-6-13(16)15-12-4-2-11(10-14)3-5-12/h2-5H,6-9H2,1H3,(H,15,16). The maximum atomic E-state index is 11.6. The summed E-state index contributed by atoms with van der Waals surface area (Å²) in [5.74, 6) is 0.585. The minimum Gasteiger partial charge on any atom is -0.384 e. The van der Waals surface area contributed by atoms with E-state index in [1.165, 1.54) is 0 Å². The van der Waals surface area contributed by atoms with Gasteiger partial charge in [0.15, 0.2) is 0 Å². The molecule has 1 aromatic carbocycles. The fourth-order valence-electron chi connectivity index (χ4n) is 1.34. The van der Waals surface area contributed by atoms with Gasteiger partial charge in [-0.15, -0.1) is 0 Å². The molecule has 0 aliphatic carbocycles. The van der Waals surface area contributed by atoms with Crippen molar-refractivity contribution in [2.75, 3.05) is 30.5 Å². The van der Waals surface area contributed by atoms with Crippen LogP contribution in [0.4, 0.5) is 5.69 Å². The molecule has 0 bridgehead atoms. The highest BCUT2D eigenvalue weighted by molar-refractivity contribution is 7.85. The zero-order valence-electron chi connectivity index (χ0n) is 10.7. The van der Waals surface area contributed by atoms with Crippen LogP contribution in [0.15, 0.2) is 24.3 Å². The van der Waals surface area contributed by atoms with Crippen molar-refractivity contribution in [2.24, 2.45) is 0 Å². The van der Waals surface area contributed by atoms with E-state index in [1.54, 1.807) is 31.4 Å². The molecular weight excluding hydrogens is 264 g/mol. The lowest BCUT2D eigenvalue weighted by atomic mass is 10.2. The second-order valence-electron chi connectivity index (χ2n) is 3.83. The number of nitrogens with one attached hydrogen (secondary N) is 1. The molecule has 0 saturated heterocycles. The Morgan fingerprint density at radius 2 is 2.05 bits per heavy atom. The number of ether oxygens (including phenoxy) is 1. The Bertz CT molecular complexity index is 480. The summed E-state index contributed by atoms with van der Waals surface area (Å²) in [6.45, 7) is 0.434. The van der Waals surface area contributed by atoms with Crippen molar-refractivity contribution < 1.29 is 13.7 Å². The van der Waals surface area contributed by atoms with Gasteiger partial charge in [0.2, 0.25) is 5.91 Å². The first kappa shape index (κ1) is 15.3. The van der Waals surface area contributed by atoms with Gasteiger partial charge in [-0.05, 0) is 24.3 Å². The van der Waals surface area contributed by atoms with Gasteiger partial charge >= 0.3 is 0 Å². The van der Waals surface area contributed by atoms with Crippen LogP contribution in [-0.4, -0.2) is 35.3 Å². The summed E-state index contributed by atoms with van der Waals surface area (Å²) in [4.78, 5) is 11.6. The lowest BCUT2D eigenvalue weighted by Gasteiger charge is -2.05. The van der Waals surface area contributed by atoms with Crippen molar-refractivity contribution in [2.45, 2.75) is 6.42 Å². The molecule has 19 heavy (non-hydrogen) atoms. The van der Waals surface area contributed by atoms with Gasteiger partial charge in [-0.1, -0.05) is 0 Å². The number of nitriles is 1. The molecule has 102 valence electrons. The van der Waals surface area contributed by atoms with Crippen molar-refractivity contribution in [1.82, 2.24) is 0 Å². The Kier molecular flexibility index (Phi) is 6.79. The predicted octanol–water partition coefficient (Wildman–Crippen LogP) is 1.28. The Hall–Kier alpha value is -1.71. The first-order valence-electron chi connectivity index (χ1n) is 5.79. The molecule has 0 spiro atoms. The Labute approximate surface area is 115 Å². The van der Waals surface area contributed by atoms with Crippen LogP contribution in [0, 0.1) is 11.3 Å². The minimum atomic E-state index is -1.03. The molecule has 6 heteroatoms. The van der Waals surface area contributed by atoms with E-state index in [-0.39, 0.29) is 12.3 Å². The number of rotatable bonds is 7. The minimum absolute atomic E-state index is 0.185. The van der Waals surface area contributed by atoms with Gasteiger partial charge in [-0.2, -0.15) is 5.26 Å². The van der Waals surface area contributed by atoms with E-state index in [1.807, 2.05) is 6.07 Å². The second kappa shape index (κ2) is 8.40. The number of carbonyl (C=O) groups is 1. The maximum Gasteiger partial charge on any atom is 0.225 e. The van der Waals surface area contributed by atoms with Crippen LogP contribution in [0.2, 0.25) is 0 Å². The van der Waals surface area contributed by atoms with E-state index in [9.17, 15) is 9.00 Å². The Balaban J connectivity index is 2.34. The van der Waals surface area contributed by atoms with Gasteiger partial charge in [-0.25, -0.2) is 0 Å². The lowest BCUT2D eigenvalue weighted by molar-refractivity contribution is -0.115. The first-order valence-corrected chi connectivity index (χ1v) is 7.28. The predicted molar refractivity (Wildman–Crippen MR) is 74.2 cm³/mol. The van der Waals surface area contributed by atoms with Crippen molar-refractivity contribution in [3.63, 3.8) is 0 Å². The second-order valence-corrected chi connectivity index (χ2v) is 5.52. The van der Waals surface area contributed by atoms with Crippen LogP contribution in [0.1, 0.15) is 12.0 Å². The van der Waals surface area contributed by atoms with Gasteiger partial charge < -0.3 is 10.1 Å². The highest BCUT2D eigenvalue weighted by atomic mass is 32.2. The number of nitrogens with zero attached hydrogens (tertiary/aromatic N) is 1. The average Bonchev–Trinajstić information content (AvgIpc) is 2.43. The molecule has 1 atom stereocenters. The van der Waals surface area contributed by atoms with E-state index >= 15 is 0 Å². The number of amides is 1. The summed E-state index contributed by atoms with van der Waals surface area (Å²) in [5, 5.41) is 11.3. The smallest absolute Gasteiger partial charge is 0.225 e. The normalized spacial score (nSPS) is 11.6. The molecule has 0 heterocycles. The number of benzene rings is 1. The summed E-state index contributed by atoms with van der Waals surface area (Å²) in [7, 11) is 0.518. The summed E-state index contributed by atoms with van der Waals surface area (Å²) >= 11 is 0. The molecule has 0 aliphatic rings. The number of anilines is 1. The van der Waals surface area contributed by atoms with Gasteiger partial charge in [0.1, 0.15) is 0 Å². The van der Waals surface area contributed by atoms with Crippen LogP contribution in [-0.2, 0) is 20.3 Å². The van der Waals surface area contributed by atoms with E-state index in [4.69, 9.17) is 10.00 Å². The van der Waals surface area contributed by atoms with Gasteiger partial charge in [0, 0.05) is 41.5 Å². The third kappa shape index (κ3) is 6.13. The zero-order chi connectivity index (χ0) is 14.1. The van der Waals surface area contributed by atoms with Crippen molar-refractivity contribution in [1.29, 1.82) is 5.26 Å². The molecule has 0 radical (unpaired) electrons. The molecule has 1 amide bonds. The van der Waals surface area contributed by atoms with Crippen molar-refractivity contribution in [3.05, 3.63) is 29.8 Å². The summed E-state index contributed by atoms with van der Waals surface area (Å²) in [6.07, 6.45) is 0.205. The monoisotopic (exact) mass is 280 g/mol. The Morgan fingerprint density at radius 3 is 2.63 bits per heavy atom. The lowest BCUT2D eigenvalue weighted by Crippen LogP contribution is -2.16. The molecule has 1 aromatic rings. The molecule has 0 aromatic heterocycles. The third-order valence-electron chi connectivity index (χ3n) is 2.37. The number of carbonyl (C=O) groups excluding carboxylic acids is 1. The van der Waals surface area contributed by atoms with Gasteiger partial charge in [0.25, 0.3) is 0 Å². The largest absolute Gasteiger partial charge is 0.384 e. The van der Waals surface area contributed by atoms with Crippen LogP contribution < -0.4 is 5.32 Å². The van der Waals surface area contributed by atoms with Crippen molar-refractivity contribution in [3.8, 4) is 6.07 Å². The number of hydrogen-bond donors (Lipinski definition) is 1. The van der Waals surface area contributed by atoms with Crippen LogP contribution >= 0.6 is 0 Å². The fraction of sp³-hybridized carbons (Fsp3) is 0.385. The van der Waals surface area contributed by atoms with Crippen LogP contribution in [0.3, 0.4) is 0 Å². The quantitative estimate of drug-likeness (QED) is 0.816. The van der Waals surface area contributed by atoms with E-state index in [0.29, 0.717) is 29.4 Å². The molecule has 5 nitrogen and oxygen atoms in total. The third-order valence-corrected chi connectivity index (χ3v) is 3.65. The average molecular weight is 280 g/mol. The van der Waals surface area contributed by atoms with E-state index in [0.717, 1.165) is 0 Å². The molecule has 0 saturated carbocycles. The highest BCUT2D eigenvalue weighted by Crippen LogP contribution is 2.09. The molecule has 1 unspecified atom stereocenters. The number of methoxy groups -OCH3 is 1. The fourth-order valence-corrected chi connectivity index (χ4v) is 2.31. The maximum absolute atomic E-state index is 11.6. The zero-order valence-corrected chi connectivity index (χ0v) is 11.5. The summed E-state index contributed by atoms with van der Waals surface area (Å²) < 4.78 is 16.3. The van der Waals surface area contributed by atoms with Gasteiger partial charge in [-0.3, -0.25) is 9.00 Å². The van der Waals surface area contributed by atoms with Gasteiger partial charge in [0.05, 0.1) is 18.2 Å². The SMILES string of the molecule is COCCS(=O)CCC(=O)Nc1ccc(C#N)cc1. The molecule has 1 N–H and O–H groups in total. The Morgan fingerprint density at radius 1 is 1.37 bits per heavy atom. The molecule has 0 aliphatic heterocycles. The van der Waals surface area contributed by atoms with E-state index in [2.05, 4.69) is 5.32 Å². The van der Waals surface area contributed by atoms with E-state index < -0.39 is 10.8 Å². The molecule has 1 rings (SSSR count). The highest BCUT2D eigenvalue weighted by Gasteiger charge is 2.06. The topological polar surface area (TPSA) is 79.2 Å². The first-order chi connectivity index (χ1) is 9.15. The van der Waals surface area contributed by atoms with Crippen LogP contribution in [0.5, 0.6) is 0 Å². The number of hydrogen-bond acceptors (Lipinski definition) is 4. The molecular formula is C13H16N2O3S.